The van der Waals surface area contributed by atoms with Crippen molar-refractivity contribution in [1.82, 2.24) is 10.3 Å². The maximum absolute atomic E-state index is 5.34. The predicted octanol–water partition coefficient (Wildman–Crippen LogP) is 2.51. The first-order valence-electron chi connectivity index (χ1n) is 5.79. The molecule has 1 N–H and O–H groups in total. The molecule has 1 rings (SSSR count). The first-order chi connectivity index (χ1) is 7.51. The van der Waals surface area contributed by atoms with Crippen molar-refractivity contribution >= 4 is 0 Å². The van der Waals surface area contributed by atoms with Crippen molar-refractivity contribution in [2.24, 2.45) is 0 Å². The van der Waals surface area contributed by atoms with Crippen LogP contribution in [0.15, 0.2) is 18.2 Å². The molecule has 0 amide bonds. The van der Waals surface area contributed by atoms with Crippen LogP contribution in [0.5, 0.6) is 0 Å². The molecule has 0 aliphatic heterocycles. The second-order valence-electron chi connectivity index (χ2n) is 4.86. The normalized spacial score (nSPS) is 11.8. The van der Waals surface area contributed by atoms with Gasteiger partial charge in [0, 0.05) is 18.7 Å². The first kappa shape index (κ1) is 13.1. The maximum Gasteiger partial charge on any atom is 0.0887 e. The van der Waals surface area contributed by atoms with Crippen LogP contribution < -0.4 is 5.32 Å². The Hall–Kier alpha value is -0.930. The van der Waals surface area contributed by atoms with Crippen LogP contribution in [0, 0.1) is 0 Å². The van der Waals surface area contributed by atoms with Crippen molar-refractivity contribution in [3.63, 3.8) is 0 Å². The molecule has 3 nitrogen and oxygen atoms in total. The number of pyridine rings is 1. The Morgan fingerprint density at radius 3 is 2.56 bits per heavy atom. The lowest BCUT2D eigenvalue weighted by molar-refractivity contribution is 0.131. The number of aromatic nitrogens is 1. The van der Waals surface area contributed by atoms with Crippen molar-refractivity contribution in [3.8, 4) is 0 Å². The molecule has 16 heavy (non-hydrogen) atoms. The van der Waals surface area contributed by atoms with E-state index < -0.39 is 0 Å². The molecule has 0 unspecified atom stereocenters. The average molecular weight is 222 g/mol. The lowest BCUT2D eigenvalue weighted by atomic mass is 10.1. The minimum atomic E-state index is 0.123. The van der Waals surface area contributed by atoms with Gasteiger partial charge in [-0.25, -0.2) is 0 Å². The standard InChI is InChI=1S/C13H22N2O/c1-5-16-10-12-8-6-7-11(15-12)9-14-13(2,3)4/h6-8,14H,5,9-10H2,1-4H3. The van der Waals surface area contributed by atoms with Crippen LogP contribution in [-0.4, -0.2) is 17.1 Å². The summed E-state index contributed by atoms with van der Waals surface area (Å²) >= 11 is 0. The Bertz CT molecular complexity index is 318. The highest BCUT2D eigenvalue weighted by atomic mass is 16.5. The van der Waals surface area contributed by atoms with E-state index in [-0.39, 0.29) is 5.54 Å². The van der Waals surface area contributed by atoms with E-state index in [4.69, 9.17) is 4.74 Å². The van der Waals surface area contributed by atoms with Crippen LogP contribution in [0.4, 0.5) is 0 Å². The van der Waals surface area contributed by atoms with Gasteiger partial charge < -0.3 is 10.1 Å². The van der Waals surface area contributed by atoms with Gasteiger partial charge in [-0.05, 0) is 39.8 Å². The molecular weight excluding hydrogens is 200 g/mol. The van der Waals surface area contributed by atoms with Crippen molar-refractivity contribution < 1.29 is 4.74 Å². The Kier molecular flexibility index (Phi) is 4.90. The highest BCUT2D eigenvalue weighted by Crippen LogP contribution is 2.04. The van der Waals surface area contributed by atoms with E-state index in [1.807, 2.05) is 25.1 Å². The number of nitrogens with one attached hydrogen (secondary N) is 1. The third kappa shape index (κ3) is 5.24. The van der Waals surface area contributed by atoms with Crippen molar-refractivity contribution in [2.75, 3.05) is 6.61 Å². The molecule has 0 aliphatic rings. The number of nitrogens with zero attached hydrogens (tertiary/aromatic N) is 1. The van der Waals surface area contributed by atoms with Gasteiger partial charge in [-0.15, -0.1) is 0 Å². The molecule has 0 saturated heterocycles. The first-order valence-corrected chi connectivity index (χ1v) is 5.79. The van der Waals surface area contributed by atoms with Gasteiger partial charge in [0.25, 0.3) is 0 Å². The summed E-state index contributed by atoms with van der Waals surface area (Å²) in [5.74, 6) is 0. The van der Waals surface area contributed by atoms with Crippen molar-refractivity contribution in [3.05, 3.63) is 29.6 Å². The minimum absolute atomic E-state index is 0.123. The van der Waals surface area contributed by atoms with E-state index >= 15 is 0 Å². The highest BCUT2D eigenvalue weighted by Gasteiger charge is 2.08. The van der Waals surface area contributed by atoms with Gasteiger partial charge in [0.1, 0.15) is 0 Å². The second-order valence-corrected chi connectivity index (χ2v) is 4.86. The van der Waals surface area contributed by atoms with E-state index in [1.165, 1.54) is 0 Å². The average Bonchev–Trinajstić information content (AvgIpc) is 2.23. The Labute approximate surface area is 98.2 Å². The van der Waals surface area contributed by atoms with Crippen LogP contribution in [-0.2, 0) is 17.9 Å². The highest BCUT2D eigenvalue weighted by molar-refractivity contribution is 5.10. The summed E-state index contributed by atoms with van der Waals surface area (Å²) in [6, 6.07) is 6.06. The molecule has 0 saturated carbocycles. The fraction of sp³-hybridized carbons (Fsp3) is 0.615. The second kappa shape index (κ2) is 5.97. The smallest absolute Gasteiger partial charge is 0.0887 e. The molecular formula is C13H22N2O. The van der Waals surface area contributed by atoms with Gasteiger partial charge >= 0.3 is 0 Å². The molecule has 90 valence electrons. The zero-order valence-corrected chi connectivity index (χ0v) is 10.7. The molecule has 0 aromatic carbocycles. The SMILES string of the molecule is CCOCc1cccc(CNC(C)(C)C)n1. The third-order valence-electron chi connectivity index (χ3n) is 2.12. The van der Waals surface area contributed by atoms with Crippen LogP contribution in [0.25, 0.3) is 0 Å². The van der Waals surface area contributed by atoms with E-state index in [0.29, 0.717) is 6.61 Å². The summed E-state index contributed by atoms with van der Waals surface area (Å²) in [4.78, 5) is 4.53. The molecule has 1 heterocycles. The van der Waals surface area contributed by atoms with E-state index in [1.54, 1.807) is 0 Å². The van der Waals surface area contributed by atoms with E-state index in [0.717, 1.165) is 24.5 Å². The Balaban J connectivity index is 2.53. The maximum atomic E-state index is 5.34. The predicted molar refractivity (Wildman–Crippen MR) is 66.2 cm³/mol. The number of hydrogen-bond acceptors (Lipinski definition) is 3. The zero-order valence-electron chi connectivity index (χ0n) is 10.7. The molecule has 0 aliphatic carbocycles. The van der Waals surface area contributed by atoms with E-state index in [2.05, 4.69) is 31.1 Å². The fourth-order valence-electron chi connectivity index (χ4n) is 1.27. The summed E-state index contributed by atoms with van der Waals surface area (Å²) in [6.45, 7) is 10.6. The minimum Gasteiger partial charge on any atom is -0.375 e. The largest absolute Gasteiger partial charge is 0.375 e. The number of ether oxygens (including phenoxy) is 1. The quantitative estimate of drug-likeness (QED) is 0.831. The summed E-state index contributed by atoms with van der Waals surface area (Å²) in [7, 11) is 0. The van der Waals surface area contributed by atoms with Gasteiger partial charge in [0.15, 0.2) is 0 Å². The van der Waals surface area contributed by atoms with Gasteiger partial charge in [0.2, 0.25) is 0 Å². The number of hydrogen-bond donors (Lipinski definition) is 1. The molecule has 1 aromatic heterocycles. The lowest BCUT2D eigenvalue weighted by Crippen LogP contribution is -2.35. The van der Waals surface area contributed by atoms with Crippen molar-refractivity contribution in [2.45, 2.75) is 46.4 Å². The zero-order chi connectivity index (χ0) is 12.0. The Morgan fingerprint density at radius 1 is 1.25 bits per heavy atom. The Morgan fingerprint density at radius 2 is 1.94 bits per heavy atom. The van der Waals surface area contributed by atoms with Gasteiger partial charge in [-0.1, -0.05) is 6.07 Å². The van der Waals surface area contributed by atoms with Crippen LogP contribution >= 0.6 is 0 Å². The molecule has 0 fully saturated rings. The van der Waals surface area contributed by atoms with Gasteiger partial charge in [-0.2, -0.15) is 0 Å². The summed E-state index contributed by atoms with van der Waals surface area (Å²) in [5.41, 5.74) is 2.18. The monoisotopic (exact) mass is 222 g/mol. The lowest BCUT2D eigenvalue weighted by Gasteiger charge is -2.20. The van der Waals surface area contributed by atoms with Crippen LogP contribution in [0.2, 0.25) is 0 Å². The van der Waals surface area contributed by atoms with Gasteiger partial charge in [0.05, 0.1) is 18.0 Å². The van der Waals surface area contributed by atoms with Crippen molar-refractivity contribution in [1.29, 1.82) is 0 Å². The van der Waals surface area contributed by atoms with Crippen LogP contribution in [0.1, 0.15) is 39.1 Å². The molecule has 0 radical (unpaired) electrons. The molecule has 3 heteroatoms. The van der Waals surface area contributed by atoms with Crippen LogP contribution in [0.3, 0.4) is 0 Å². The van der Waals surface area contributed by atoms with E-state index in [9.17, 15) is 0 Å². The van der Waals surface area contributed by atoms with Gasteiger partial charge in [-0.3, -0.25) is 4.98 Å². The fourth-order valence-corrected chi connectivity index (χ4v) is 1.27. The summed E-state index contributed by atoms with van der Waals surface area (Å²) in [6.07, 6.45) is 0. The number of rotatable bonds is 5. The molecule has 0 atom stereocenters. The topological polar surface area (TPSA) is 34.1 Å². The third-order valence-corrected chi connectivity index (χ3v) is 2.12. The molecule has 0 bridgehead atoms. The summed E-state index contributed by atoms with van der Waals surface area (Å²) in [5, 5.41) is 3.42. The molecule has 0 spiro atoms. The molecule has 1 aromatic rings. The summed E-state index contributed by atoms with van der Waals surface area (Å²) < 4.78 is 5.34.